The molecule has 0 aromatic heterocycles. The van der Waals surface area contributed by atoms with Gasteiger partial charge in [0.2, 0.25) is 0 Å². The van der Waals surface area contributed by atoms with Crippen LogP contribution in [-0.2, 0) is 39.3 Å². The van der Waals surface area contributed by atoms with Gasteiger partial charge in [-0.2, -0.15) is 0 Å². The van der Waals surface area contributed by atoms with Crippen molar-refractivity contribution in [2.75, 3.05) is 49.4 Å². The monoisotopic (exact) mass is 810 g/mol. The van der Waals surface area contributed by atoms with Crippen molar-refractivity contribution < 1.29 is 0 Å². The predicted molar refractivity (Wildman–Crippen MR) is 263 cm³/mol. The Bertz CT molecular complexity index is 3320. The average molecular weight is 811 g/mol. The number of hydrogen-bond acceptors (Lipinski definition) is 6. The van der Waals surface area contributed by atoms with Gasteiger partial charge in [-0.3, -0.25) is 0 Å². The normalized spacial score (nSPS) is 16.8. The highest BCUT2D eigenvalue weighted by atomic mass is 15.4. The van der Waals surface area contributed by atoms with Crippen LogP contribution in [0.3, 0.4) is 0 Å². The Morgan fingerprint density at radius 2 is 0.524 bits per heavy atom. The van der Waals surface area contributed by atoms with Crippen molar-refractivity contribution in [2.45, 2.75) is 39.3 Å². The molecule has 0 fully saturated rings. The van der Waals surface area contributed by atoms with Crippen molar-refractivity contribution in [3.63, 3.8) is 0 Å². The molecule has 63 heavy (non-hydrogen) atoms. The van der Waals surface area contributed by atoms with Gasteiger partial charge in [0.25, 0.3) is 0 Å². The highest BCUT2D eigenvalue weighted by molar-refractivity contribution is 6.27. The van der Waals surface area contributed by atoms with Crippen LogP contribution in [-0.4, -0.2) is 20.0 Å². The summed E-state index contributed by atoms with van der Waals surface area (Å²) in [7, 11) is 0. The minimum absolute atomic E-state index is 0.907. The van der Waals surface area contributed by atoms with Crippen molar-refractivity contribution in [3.8, 4) is 0 Å². The molecular formula is C57H42N6. The number of benzene rings is 10. The summed E-state index contributed by atoms with van der Waals surface area (Å²) >= 11 is 0. The van der Waals surface area contributed by atoms with E-state index in [1.807, 2.05) is 0 Å². The van der Waals surface area contributed by atoms with E-state index in [-0.39, 0.29) is 0 Å². The summed E-state index contributed by atoms with van der Waals surface area (Å²) in [6.45, 7) is 8.22. The van der Waals surface area contributed by atoms with Crippen LogP contribution in [0.2, 0.25) is 0 Å². The van der Waals surface area contributed by atoms with Gasteiger partial charge in [0.1, 0.15) is 0 Å². The van der Waals surface area contributed by atoms with E-state index in [0.29, 0.717) is 0 Å². The lowest BCUT2D eigenvalue weighted by Crippen LogP contribution is -2.46. The SMILES string of the molecule is c1ccc2c3c(ccc2c1)N1Cc2cc4c5cc6c(cc5c5cc7c(cc5c4cc2N(C3)C1)CN1CN7Cc2c1ccc1ccccc21)CN1CN6Cc2c1ccc1ccccc21. The molecule has 0 amide bonds. The van der Waals surface area contributed by atoms with E-state index in [9.17, 15) is 0 Å². The Labute approximate surface area is 365 Å². The zero-order valence-electron chi connectivity index (χ0n) is 34.9. The van der Waals surface area contributed by atoms with Gasteiger partial charge in [-0.15, -0.1) is 0 Å². The van der Waals surface area contributed by atoms with Gasteiger partial charge in [-0.05, 0) is 136 Å². The van der Waals surface area contributed by atoms with E-state index in [4.69, 9.17) is 0 Å². The van der Waals surface area contributed by atoms with Crippen molar-refractivity contribution >= 4 is 98.8 Å². The highest BCUT2D eigenvalue weighted by Crippen LogP contribution is 2.50. The first-order valence-corrected chi connectivity index (χ1v) is 22.7. The number of rotatable bonds is 0. The van der Waals surface area contributed by atoms with Crippen LogP contribution in [0.5, 0.6) is 0 Å². The first-order valence-electron chi connectivity index (χ1n) is 22.7. The molecule has 10 aromatic carbocycles. The number of nitrogens with zero attached hydrogens (tertiary/aromatic N) is 6. The molecule has 0 saturated carbocycles. The summed E-state index contributed by atoms with van der Waals surface area (Å²) in [6, 6.07) is 56.3. The van der Waals surface area contributed by atoms with Crippen LogP contribution in [0, 0.1) is 0 Å². The molecule has 0 N–H and O–H groups in total. The molecule has 6 heteroatoms. The molecule has 6 bridgehead atoms. The molecule has 0 unspecified atom stereocenters. The number of fused-ring (bicyclic) bond motifs is 30. The van der Waals surface area contributed by atoms with Gasteiger partial charge in [-0.25, -0.2) is 0 Å². The lowest BCUT2D eigenvalue weighted by Gasteiger charge is -2.46. The highest BCUT2D eigenvalue weighted by Gasteiger charge is 2.35. The molecule has 6 aliphatic heterocycles. The summed E-state index contributed by atoms with van der Waals surface area (Å²) in [4.78, 5) is 15.7. The second kappa shape index (κ2) is 11.7. The van der Waals surface area contributed by atoms with E-state index in [2.05, 4.69) is 175 Å². The van der Waals surface area contributed by atoms with Crippen molar-refractivity contribution in [3.05, 3.63) is 179 Å². The van der Waals surface area contributed by atoms with Crippen molar-refractivity contribution in [2.24, 2.45) is 0 Å². The maximum Gasteiger partial charge on any atom is 0.0910 e. The molecule has 6 nitrogen and oxygen atoms in total. The maximum absolute atomic E-state index is 2.64. The van der Waals surface area contributed by atoms with Gasteiger partial charge in [0.05, 0.1) is 20.0 Å². The summed E-state index contributed by atoms with van der Waals surface area (Å²) in [6.07, 6.45) is 0. The van der Waals surface area contributed by atoms with Gasteiger partial charge < -0.3 is 29.4 Å². The molecule has 0 spiro atoms. The number of anilines is 6. The Kier molecular flexibility index (Phi) is 6.18. The second-order valence-electron chi connectivity index (χ2n) is 19.0. The molecule has 300 valence electrons. The zero-order valence-corrected chi connectivity index (χ0v) is 34.9. The molecule has 0 saturated heterocycles. The summed E-state index contributed by atoms with van der Waals surface area (Å²) in [5, 5.41) is 16.3. The lowest BCUT2D eigenvalue weighted by atomic mass is 9.87. The zero-order chi connectivity index (χ0) is 40.7. The van der Waals surface area contributed by atoms with Crippen molar-refractivity contribution in [1.29, 1.82) is 0 Å². The molecule has 10 aromatic rings. The van der Waals surface area contributed by atoms with Gasteiger partial charge in [-0.1, -0.05) is 91.0 Å². The maximum atomic E-state index is 2.64. The van der Waals surface area contributed by atoms with Gasteiger partial charge in [0, 0.05) is 90.1 Å². The lowest BCUT2D eigenvalue weighted by molar-refractivity contribution is 0.654. The molecule has 0 aliphatic carbocycles. The predicted octanol–water partition coefficient (Wildman–Crippen LogP) is 12.5. The van der Waals surface area contributed by atoms with E-state index >= 15 is 0 Å². The van der Waals surface area contributed by atoms with E-state index in [1.165, 1.54) is 132 Å². The Morgan fingerprint density at radius 3 is 0.857 bits per heavy atom. The van der Waals surface area contributed by atoms with E-state index < -0.39 is 0 Å². The molecule has 0 radical (unpaired) electrons. The molecule has 0 atom stereocenters. The van der Waals surface area contributed by atoms with Crippen LogP contribution in [0.15, 0.2) is 146 Å². The molecular weight excluding hydrogens is 769 g/mol. The second-order valence-corrected chi connectivity index (χ2v) is 19.0. The standard InChI is InChI=1S/C57H42N6/c1-4-10-40-34(7-1)13-16-52-49(40)28-61-31-58(52)25-37-19-43-46(22-55(37)61)44-20-38-26-59-32-63(30-51-42-12-6-3-8-35(42)14-17-53(51)59)57(38)24-48(44)45-21-39-27-60-33-62(56(39)23-47(43)45)29-50-41-11-5-2-9-36(41)15-18-54(50)60/h1-24H,25-33H2. The van der Waals surface area contributed by atoms with Gasteiger partial charge in [0.15, 0.2) is 0 Å². The average Bonchev–Trinajstić information content (AvgIpc) is 3.33. The Balaban J connectivity index is 0.920. The third kappa shape index (κ3) is 4.42. The van der Waals surface area contributed by atoms with E-state index in [0.717, 1.165) is 59.3 Å². The molecule has 6 heterocycles. The third-order valence-corrected chi connectivity index (χ3v) is 15.8. The summed E-state index contributed by atoms with van der Waals surface area (Å²) < 4.78 is 0. The largest absolute Gasteiger partial charge is 0.349 e. The van der Waals surface area contributed by atoms with Crippen LogP contribution < -0.4 is 29.4 Å². The fourth-order valence-corrected chi connectivity index (χ4v) is 12.9. The summed E-state index contributed by atoms with van der Waals surface area (Å²) in [5.74, 6) is 0. The fraction of sp³-hybridized carbons (Fsp3) is 0.158. The first kappa shape index (κ1) is 33.2. The smallest absolute Gasteiger partial charge is 0.0910 e. The van der Waals surface area contributed by atoms with Gasteiger partial charge >= 0.3 is 0 Å². The van der Waals surface area contributed by atoms with Crippen LogP contribution in [0.4, 0.5) is 34.1 Å². The van der Waals surface area contributed by atoms with E-state index in [1.54, 1.807) is 0 Å². The Hall–Kier alpha value is -7.44. The van der Waals surface area contributed by atoms with Crippen LogP contribution in [0.1, 0.15) is 33.4 Å². The fourth-order valence-electron chi connectivity index (χ4n) is 12.9. The quantitative estimate of drug-likeness (QED) is 0.141. The topological polar surface area (TPSA) is 19.4 Å². The Morgan fingerprint density at radius 1 is 0.238 bits per heavy atom. The van der Waals surface area contributed by atoms with Crippen LogP contribution >= 0.6 is 0 Å². The summed E-state index contributed by atoms with van der Waals surface area (Å²) in [5.41, 5.74) is 16.9. The molecule has 16 rings (SSSR count). The first-order chi connectivity index (χ1) is 31.1. The number of hydrogen-bond donors (Lipinski definition) is 0. The minimum Gasteiger partial charge on any atom is -0.349 e. The minimum atomic E-state index is 0.907. The molecule has 6 aliphatic rings. The van der Waals surface area contributed by atoms with Crippen molar-refractivity contribution in [1.82, 2.24) is 0 Å². The van der Waals surface area contributed by atoms with Crippen LogP contribution in [0.25, 0.3) is 64.6 Å². The third-order valence-electron chi connectivity index (χ3n) is 15.8.